The maximum Gasteiger partial charge on any atom is 0.282 e. The molecule has 4 rings (SSSR count). The normalized spacial score (nSPS) is 10.8. The fourth-order valence-electron chi connectivity index (χ4n) is 2.43. The average molecular weight is 352 g/mol. The van der Waals surface area contributed by atoms with Crippen molar-refractivity contribution in [3.05, 3.63) is 54.3 Å². The summed E-state index contributed by atoms with van der Waals surface area (Å²) in [5.41, 5.74) is 7.26. The molecular weight excluding hydrogens is 339 g/mol. The minimum absolute atomic E-state index is 0.0560. The summed E-state index contributed by atoms with van der Waals surface area (Å²) in [4.78, 5) is 4.17. The van der Waals surface area contributed by atoms with Gasteiger partial charge in [0.25, 0.3) is 5.89 Å². The lowest BCUT2D eigenvalue weighted by Crippen LogP contribution is -2.02. The number of aromatic nitrogens is 5. The summed E-state index contributed by atoms with van der Waals surface area (Å²) in [5.74, 6) is 0.643. The number of nitrogens with two attached hydrogens (primary N) is 1. The van der Waals surface area contributed by atoms with Gasteiger partial charge < -0.3 is 15.0 Å². The number of benzene rings is 2. The van der Waals surface area contributed by atoms with Gasteiger partial charge in [0.05, 0.1) is 18.4 Å². The Morgan fingerprint density at radius 3 is 2.62 bits per heavy atom. The van der Waals surface area contributed by atoms with Crippen LogP contribution in [0.25, 0.3) is 28.7 Å². The van der Waals surface area contributed by atoms with Crippen molar-refractivity contribution in [2.45, 2.75) is 0 Å². The number of hydrogen-bond donors (Lipinski definition) is 1. The van der Waals surface area contributed by atoms with E-state index in [-0.39, 0.29) is 28.8 Å². The molecule has 0 aliphatic carbocycles. The average Bonchev–Trinajstić information content (AvgIpc) is 3.29. The second-order valence-corrected chi connectivity index (χ2v) is 5.34. The zero-order valence-corrected chi connectivity index (χ0v) is 13.6. The molecule has 2 N–H and O–H groups in total. The first kappa shape index (κ1) is 15.8. The Hall–Kier alpha value is -3.75. The van der Waals surface area contributed by atoms with Gasteiger partial charge in [-0.25, -0.2) is 4.39 Å². The molecule has 4 aromatic rings. The molecule has 26 heavy (non-hydrogen) atoms. The topological polar surface area (TPSA) is 105 Å². The molecule has 0 aliphatic rings. The Morgan fingerprint density at radius 2 is 1.88 bits per heavy atom. The highest BCUT2D eigenvalue weighted by atomic mass is 19.1. The van der Waals surface area contributed by atoms with Gasteiger partial charge >= 0.3 is 0 Å². The molecular formula is C17H13FN6O2. The lowest BCUT2D eigenvalue weighted by molar-refractivity contribution is 0.414. The summed E-state index contributed by atoms with van der Waals surface area (Å²) < 4.78 is 25.6. The van der Waals surface area contributed by atoms with E-state index in [0.29, 0.717) is 11.4 Å². The largest absolute Gasteiger partial charge is 0.497 e. The number of hydrogen-bond acceptors (Lipinski definition) is 7. The van der Waals surface area contributed by atoms with E-state index in [2.05, 4.69) is 20.5 Å². The molecule has 0 saturated heterocycles. The predicted molar refractivity (Wildman–Crippen MR) is 91.0 cm³/mol. The number of methoxy groups -OCH3 is 1. The number of anilines is 1. The Bertz CT molecular complexity index is 1060. The monoisotopic (exact) mass is 352 g/mol. The third kappa shape index (κ3) is 2.65. The lowest BCUT2D eigenvalue weighted by Gasteiger charge is -2.04. The van der Waals surface area contributed by atoms with E-state index in [4.69, 9.17) is 15.0 Å². The second kappa shape index (κ2) is 6.28. The molecule has 0 unspecified atom stereocenters. The summed E-state index contributed by atoms with van der Waals surface area (Å²) in [7, 11) is 1.58. The Morgan fingerprint density at radius 1 is 1.12 bits per heavy atom. The van der Waals surface area contributed by atoms with Gasteiger partial charge in [0.2, 0.25) is 5.82 Å². The van der Waals surface area contributed by atoms with Crippen LogP contribution in [0.1, 0.15) is 0 Å². The van der Waals surface area contributed by atoms with Crippen molar-refractivity contribution in [1.29, 1.82) is 0 Å². The van der Waals surface area contributed by atoms with E-state index >= 15 is 0 Å². The Kier molecular flexibility index (Phi) is 3.81. The van der Waals surface area contributed by atoms with Crippen molar-refractivity contribution >= 4 is 5.82 Å². The SMILES string of the molecule is COc1ccc(-n2nnc(-c3nc(-c4ccccc4F)no3)c2N)cc1. The van der Waals surface area contributed by atoms with Crippen LogP contribution in [0.15, 0.2) is 53.1 Å². The number of nitrogen functional groups attached to an aromatic ring is 1. The molecule has 9 heteroatoms. The summed E-state index contributed by atoms with van der Waals surface area (Å²) >= 11 is 0. The molecule has 2 aromatic carbocycles. The van der Waals surface area contributed by atoms with Crippen molar-refractivity contribution < 1.29 is 13.7 Å². The van der Waals surface area contributed by atoms with E-state index in [1.807, 2.05) is 0 Å². The molecule has 0 spiro atoms. The van der Waals surface area contributed by atoms with E-state index < -0.39 is 5.82 Å². The summed E-state index contributed by atoms with van der Waals surface area (Å²) in [6.45, 7) is 0. The zero-order valence-electron chi connectivity index (χ0n) is 13.6. The molecule has 0 atom stereocenters. The summed E-state index contributed by atoms with van der Waals surface area (Å²) in [6.07, 6.45) is 0. The Labute approximate surface area is 147 Å². The van der Waals surface area contributed by atoms with Crippen LogP contribution >= 0.6 is 0 Å². The molecule has 130 valence electrons. The third-order valence-electron chi connectivity index (χ3n) is 3.77. The van der Waals surface area contributed by atoms with E-state index in [1.165, 1.54) is 10.7 Å². The van der Waals surface area contributed by atoms with Gasteiger partial charge in [-0.2, -0.15) is 9.67 Å². The quantitative estimate of drug-likeness (QED) is 0.602. The van der Waals surface area contributed by atoms with Gasteiger partial charge in [0.1, 0.15) is 11.6 Å². The third-order valence-corrected chi connectivity index (χ3v) is 3.77. The molecule has 0 radical (unpaired) electrons. The van der Waals surface area contributed by atoms with Crippen LogP contribution in [-0.2, 0) is 0 Å². The Balaban J connectivity index is 1.69. The van der Waals surface area contributed by atoms with Crippen LogP contribution < -0.4 is 10.5 Å². The van der Waals surface area contributed by atoms with Gasteiger partial charge in [0, 0.05) is 0 Å². The zero-order chi connectivity index (χ0) is 18.1. The summed E-state index contributed by atoms with van der Waals surface area (Å²) in [6, 6.07) is 13.3. The van der Waals surface area contributed by atoms with Gasteiger partial charge in [-0.05, 0) is 36.4 Å². The van der Waals surface area contributed by atoms with Crippen molar-refractivity contribution in [2.75, 3.05) is 12.8 Å². The predicted octanol–water partition coefficient (Wildman–Crippen LogP) is 2.71. The van der Waals surface area contributed by atoms with Crippen molar-refractivity contribution in [3.8, 4) is 34.4 Å². The number of ether oxygens (including phenoxy) is 1. The highest BCUT2D eigenvalue weighted by Gasteiger charge is 2.20. The molecule has 2 aromatic heterocycles. The molecule has 0 saturated carbocycles. The van der Waals surface area contributed by atoms with E-state index in [0.717, 1.165) is 0 Å². The molecule has 0 bridgehead atoms. The minimum Gasteiger partial charge on any atom is -0.497 e. The first-order valence-corrected chi connectivity index (χ1v) is 7.62. The van der Waals surface area contributed by atoms with Crippen LogP contribution in [0.2, 0.25) is 0 Å². The van der Waals surface area contributed by atoms with Gasteiger partial charge in [-0.3, -0.25) is 0 Å². The van der Waals surface area contributed by atoms with Crippen molar-refractivity contribution in [1.82, 2.24) is 25.1 Å². The van der Waals surface area contributed by atoms with Crippen LogP contribution in [0, 0.1) is 5.82 Å². The minimum atomic E-state index is -0.449. The van der Waals surface area contributed by atoms with Gasteiger partial charge in [-0.1, -0.05) is 22.5 Å². The summed E-state index contributed by atoms with van der Waals surface area (Å²) in [5, 5.41) is 11.8. The number of nitrogens with zero attached hydrogens (tertiary/aromatic N) is 5. The maximum atomic E-state index is 13.9. The van der Waals surface area contributed by atoms with E-state index in [1.54, 1.807) is 49.6 Å². The second-order valence-electron chi connectivity index (χ2n) is 5.34. The standard InChI is InChI=1S/C17H13FN6O2/c1-25-11-8-6-10(7-9-11)24-15(19)14(21-23-24)17-20-16(22-26-17)12-4-2-3-5-13(12)18/h2-9H,19H2,1H3. The van der Waals surface area contributed by atoms with Gasteiger partial charge in [-0.15, -0.1) is 5.10 Å². The highest BCUT2D eigenvalue weighted by Crippen LogP contribution is 2.27. The molecule has 0 amide bonds. The maximum absolute atomic E-state index is 13.9. The molecule has 0 aliphatic heterocycles. The first-order valence-electron chi connectivity index (χ1n) is 7.62. The number of rotatable bonds is 4. The smallest absolute Gasteiger partial charge is 0.282 e. The van der Waals surface area contributed by atoms with Crippen LogP contribution in [0.4, 0.5) is 10.2 Å². The van der Waals surface area contributed by atoms with Crippen LogP contribution in [-0.4, -0.2) is 32.2 Å². The fraction of sp³-hybridized carbons (Fsp3) is 0.0588. The van der Waals surface area contributed by atoms with Crippen LogP contribution in [0.3, 0.4) is 0 Å². The fourth-order valence-corrected chi connectivity index (χ4v) is 2.43. The lowest BCUT2D eigenvalue weighted by atomic mass is 10.2. The van der Waals surface area contributed by atoms with Gasteiger partial charge in [0.15, 0.2) is 11.5 Å². The number of halogens is 1. The van der Waals surface area contributed by atoms with Crippen LogP contribution in [0.5, 0.6) is 5.75 Å². The molecule has 8 nitrogen and oxygen atoms in total. The highest BCUT2D eigenvalue weighted by molar-refractivity contribution is 5.66. The first-order chi connectivity index (χ1) is 12.7. The molecule has 0 fully saturated rings. The van der Waals surface area contributed by atoms with Crippen molar-refractivity contribution in [2.24, 2.45) is 0 Å². The van der Waals surface area contributed by atoms with E-state index in [9.17, 15) is 4.39 Å². The molecule has 2 heterocycles. The van der Waals surface area contributed by atoms with Crippen molar-refractivity contribution in [3.63, 3.8) is 0 Å².